The summed E-state index contributed by atoms with van der Waals surface area (Å²) in [6.45, 7) is 3.16. The molecular weight excluding hydrogens is 266 g/mol. The van der Waals surface area contributed by atoms with Crippen molar-refractivity contribution in [2.24, 2.45) is 11.8 Å². The largest absolute Gasteiger partial charge is 0.350 e. The highest BCUT2D eigenvalue weighted by molar-refractivity contribution is 5.76. The minimum Gasteiger partial charge on any atom is -0.350 e. The van der Waals surface area contributed by atoms with Gasteiger partial charge in [0.2, 0.25) is 5.91 Å². The van der Waals surface area contributed by atoms with Crippen LogP contribution in [0.3, 0.4) is 0 Å². The molecule has 3 aliphatic rings. The Balaban J connectivity index is 1.38. The lowest BCUT2D eigenvalue weighted by atomic mass is 9.96. The summed E-state index contributed by atoms with van der Waals surface area (Å²) in [5.41, 5.74) is 0. The van der Waals surface area contributed by atoms with Gasteiger partial charge in [-0.15, -0.1) is 0 Å². The lowest BCUT2D eigenvalue weighted by molar-refractivity contribution is -0.139. The lowest BCUT2D eigenvalue weighted by Gasteiger charge is -2.34. The van der Waals surface area contributed by atoms with Gasteiger partial charge in [0.1, 0.15) is 0 Å². The molecule has 0 radical (unpaired) electrons. The minimum absolute atomic E-state index is 0.0703. The van der Waals surface area contributed by atoms with Gasteiger partial charge in [-0.25, -0.2) is 0 Å². The molecule has 3 fully saturated rings. The minimum atomic E-state index is -0.0703. The number of carbonyl (C=O) groups excluding carboxylic acids is 1. The quantitative estimate of drug-likeness (QED) is 0.783. The van der Waals surface area contributed by atoms with Gasteiger partial charge in [-0.05, 0) is 31.6 Å². The van der Waals surface area contributed by atoms with Gasteiger partial charge in [0, 0.05) is 25.4 Å². The Morgan fingerprint density at radius 3 is 2.57 bits per heavy atom. The second-order valence-corrected chi connectivity index (χ2v) is 6.89. The van der Waals surface area contributed by atoms with Crippen LogP contribution in [0.25, 0.3) is 0 Å². The molecule has 1 aliphatic carbocycles. The summed E-state index contributed by atoms with van der Waals surface area (Å²) >= 11 is 0. The summed E-state index contributed by atoms with van der Waals surface area (Å²) in [5, 5.41) is 0. The van der Waals surface area contributed by atoms with Crippen LogP contribution >= 0.6 is 0 Å². The average Bonchev–Trinajstić information content (AvgIpc) is 3.21. The maximum Gasteiger partial charge on any atom is 0.222 e. The maximum atomic E-state index is 12.4. The van der Waals surface area contributed by atoms with Crippen LogP contribution in [0.15, 0.2) is 0 Å². The topological polar surface area (TPSA) is 38.8 Å². The number of nitrogens with zero attached hydrogens (tertiary/aromatic N) is 1. The zero-order chi connectivity index (χ0) is 14.5. The molecule has 1 saturated carbocycles. The summed E-state index contributed by atoms with van der Waals surface area (Å²) in [6.07, 6.45) is 10.8. The predicted molar refractivity (Wildman–Crippen MR) is 80.8 cm³/mol. The van der Waals surface area contributed by atoms with E-state index < -0.39 is 0 Å². The first kappa shape index (κ1) is 15.3. The molecular formula is C17H29NO3. The van der Waals surface area contributed by atoms with Crippen LogP contribution in [0.5, 0.6) is 0 Å². The first-order valence-electron chi connectivity index (χ1n) is 8.84. The number of ether oxygens (including phenoxy) is 2. The predicted octanol–water partition coefficient (Wildman–Crippen LogP) is 2.96. The molecule has 4 nitrogen and oxygen atoms in total. The molecule has 0 aromatic rings. The van der Waals surface area contributed by atoms with Crippen molar-refractivity contribution in [3.05, 3.63) is 0 Å². The van der Waals surface area contributed by atoms with Crippen molar-refractivity contribution >= 4 is 5.91 Å². The normalized spacial score (nSPS) is 28.4. The number of amides is 1. The first-order valence-corrected chi connectivity index (χ1v) is 8.84. The number of carbonyl (C=O) groups is 1. The van der Waals surface area contributed by atoms with E-state index in [2.05, 4.69) is 0 Å². The van der Waals surface area contributed by atoms with Crippen molar-refractivity contribution in [1.82, 2.24) is 4.90 Å². The van der Waals surface area contributed by atoms with Crippen molar-refractivity contribution in [3.63, 3.8) is 0 Å². The van der Waals surface area contributed by atoms with Gasteiger partial charge >= 0.3 is 0 Å². The van der Waals surface area contributed by atoms with Gasteiger partial charge in [0.05, 0.1) is 13.2 Å². The van der Waals surface area contributed by atoms with Crippen molar-refractivity contribution in [2.75, 3.05) is 26.3 Å². The summed E-state index contributed by atoms with van der Waals surface area (Å²) in [6, 6.07) is 0. The number of piperidine rings is 1. The summed E-state index contributed by atoms with van der Waals surface area (Å²) < 4.78 is 11.2. The molecule has 0 aromatic carbocycles. The number of hydrogen-bond donors (Lipinski definition) is 0. The number of rotatable bonds is 5. The van der Waals surface area contributed by atoms with Crippen molar-refractivity contribution in [2.45, 2.75) is 64.1 Å². The molecule has 2 heterocycles. The van der Waals surface area contributed by atoms with Gasteiger partial charge in [-0.2, -0.15) is 0 Å². The molecule has 4 heteroatoms. The van der Waals surface area contributed by atoms with Gasteiger partial charge in [-0.3, -0.25) is 4.79 Å². The standard InChI is InChI=1S/C17H29NO3/c19-16(9-3-7-14-5-1-2-6-14)18-10-4-8-15(13-18)17-20-11-12-21-17/h14-15,17H,1-13H2/t15-/m1/s1. The summed E-state index contributed by atoms with van der Waals surface area (Å²) in [7, 11) is 0. The summed E-state index contributed by atoms with van der Waals surface area (Å²) in [4.78, 5) is 14.4. The van der Waals surface area contributed by atoms with E-state index in [0.29, 0.717) is 25.0 Å². The zero-order valence-electron chi connectivity index (χ0n) is 13.1. The fourth-order valence-electron chi connectivity index (χ4n) is 4.11. The van der Waals surface area contributed by atoms with E-state index in [1.54, 1.807) is 0 Å². The fraction of sp³-hybridized carbons (Fsp3) is 0.941. The van der Waals surface area contributed by atoms with Crippen LogP contribution in [0.2, 0.25) is 0 Å². The van der Waals surface area contributed by atoms with Crippen LogP contribution < -0.4 is 0 Å². The Hall–Kier alpha value is -0.610. The van der Waals surface area contributed by atoms with Crippen LogP contribution in [0.4, 0.5) is 0 Å². The first-order chi connectivity index (χ1) is 10.3. The Labute approximate surface area is 128 Å². The average molecular weight is 295 g/mol. The van der Waals surface area contributed by atoms with Crippen LogP contribution in [0, 0.1) is 11.8 Å². The van der Waals surface area contributed by atoms with E-state index in [1.165, 1.54) is 32.1 Å². The van der Waals surface area contributed by atoms with E-state index in [-0.39, 0.29) is 6.29 Å². The Morgan fingerprint density at radius 1 is 1.05 bits per heavy atom. The third-order valence-electron chi connectivity index (χ3n) is 5.32. The molecule has 1 atom stereocenters. The number of likely N-dealkylation sites (tertiary alicyclic amines) is 1. The molecule has 0 N–H and O–H groups in total. The summed E-state index contributed by atoms with van der Waals surface area (Å²) in [5.74, 6) is 1.61. The zero-order valence-corrected chi connectivity index (χ0v) is 13.1. The third kappa shape index (κ3) is 4.19. The third-order valence-corrected chi connectivity index (χ3v) is 5.32. The molecule has 0 spiro atoms. The van der Waals surface area contributed by atoms with Crippen molar-refractivity contribution in [3.8, 4) is 0 Å². The molecule has 21 heavy (non-hydrogen) atoms. The highest BCUT2D eigenvalue weighted by Gasteiger charge is 2.32. The number of hydrogen-bond acceptors (Lipinski definition) is 3. The van der Waals surface area contributed by atoms with Crippen molar-refractivity contribution in [1.29, 1.82) is 0 Å². The molecule has 0 aromatic heterocycles. The highest BCUT2D eigenvalue weighted by atomic mass is 16.7. The Kier molecular flexibility index (Phi) is 5.53. The molecule has 3 rings (SSSR count). The Bertz CT molecular complexity index is 335. The van der Waals surface area contributed by atoms with Crippen LogP contribution in [-0.4, -0.2) is 43.4 Å². The van der Waals surface area contributed by atoms with E-state index in [9.17, 15) is 4.79 Å². The van der Waals surface area contributed by atoms with E-state index in [4.69, 9.17) is 9.47 Å². The van der Waals surface area contributed by atoms with Gasteiger partial charge in [0.15, 0.2) is 6.29 Å². The molecule has 2 saturated heterocycles. The molecule has 0 unspecified atom stereocenters. The molecule has 120 valence electrons. The van der Waals surface area contributed by atoms with E-state index >= 15 is 0 Å². The molecule has 0 bridgehead atoms. The van der Waals surface area contributed by atoms with Gasteiger partial charge in [0.25, 0.3) is 0 Å². The van der Waals surface area contributed by atoms with Gasteiger partial charge < -0.3 is 14.4 Å². The highest BCUT2D eigenvalue weighted by Crippen LogP contribution is 2.29. The smallest absolute Gasteiger partial charge is 0.222 e. The van der Waals surface area contributed by atoms with E-state index in [0.717, 1.165) is 44.7 Å². The molecule has 1 amide bonds. The van der Waals surface area contributed by atoms with E-state index in [1.807, 2.05) is 4.90 Å². The second-order valence-electron chi connectivity index (χ2n) is 6.89. The van der Waals surface area contributed by atoms with Gasteiger partial charge in [-0.1, -0.05) is 25.7 Å². The van der Waals surface area contributed by atoms with Crippen molar-refractivity contribution < 1.29 is 14.3 Å². The maximum absolute atomic E-state index is 12.4. The molecule has 2 aliphatic heterocycles. The van der Waals surface area contributed by atoms with Crippen LogP contribution in [-0.2, 0) is 14.3 Å². The Morgan fingerprint density at radius 2 is 1.81 bits per heavy atom. The van der Waals surface area contributed by atoms with Crippen LogP contribution in [0.1, 0.15) is 57.8 Å². The lowest BCUT2D eigenvalue weighted by Crippen LogP contribution is -2.43. The second kappa shape index (κ2) is 7.59. The fourth-order valence-corrected chi connectivity index (χ4v) is 4.11. The SMILES string of the molecule is O=C(CCCC1CCCC1)N1CCC[C@@H](C2OCCO2)C1. The monoisotopic (exact) mass is 295 g/mol.